The maximum absolute atomic E-state index is 11.9. The number of aldehydes is 1. The van der Waals surface area contributed by atoms with Crippen molar-refractivity contribution >= 4 is 18.2 Å². The third-order valence-electron chi connectivity index (χ3n) is 5.35. The second-order valence-corrected chi connectivity index (χ2v) is 7.20. The van der Waals surface area contributed by atoms with E-state index in [4.69, 9.17) is 9.47 Å². The van der Waals surface area contributed by atoms with Crippen LogP contribution in [0.2, 0.25) is 0 Å². The average Bonchev–Trinajstić information content (AvgIpc) is 2.92. The van der Waals surface area contributed by atoms with Gasteiger partial charge in [-0.1, -0.05) is 13.8 Å². The Morgan fingerprint density at radius 1 is 1.20 bits per heavy atom. The molecule has 0 aromatic carbocycles. The lowest BCUT2D eigenvalue weighted by Crippen LogP contribution is -2.42. The van der Waals surface area contributed by atoms with E-state index in [-0.39, 0.29) is 23.7 Å². The Morgan fingerprint density at radius 2 is 1.95 bits per heavy atom. The molecular weight excluding hydrogens is 260 g/mol. The van der Waals surface area contributed by atoms with E-state index in [2.05, 4.69) is 13.8 Å². The van der Waals surface area contributed by atoms with Gasteiger partial charge in [0.15, 0.2) is 6.29 Å². The minimum absolute atomic E-state index is 0.0891. The van der Waals surface area contributed by atoms with Crippen LogP contribution in [0.15, 0.2) is 11.1 Å². The minimum Gasteiger partial charge on any atom is -0.386 e. The Kier molecular flexibility index (Phi) is 2.08. The molecule has 0 N–H and O–H groups in total. The summed E-state index contributed by atoms with van der Waals surface area (Å²) in [5, 5.41) is 0. The molecule has 4 aliphatic rings. The number of hydrogen-bond donors (Lipinski definition) is 0. The molecular formula is C15H16O5. The monoisotopic (exact) mass is 276 g/mol. The van der Waals surface area contributed by atoms with Crippen molar-refractivity contribution in [2.24, 2.45) is 17.3 Å². The molecule has 1 aliphatic carbocycles. The predicted octanol–water partition coefficient (Wildman–Crippen LogP) is 1.16. The molecule has 2 bridgehead atoms. The zero-order chi connectivity index (χ0) is 14.3. The molecule has 3 aliphatic heterocycles. The summed E-state index contributed by atoms with van der Waals surface area (Å²) >= 11 is 0. The fraction of sp³-hybridized carbons (Fsp3) is 0.667. The third-order valence-corrected chi connectivity index (χ3v) is 5.35. The van der Waals surface area contributed by atoms with Gasteiger partial charge in [-0.25, -0.2) is 9.59 Å². The number of hydrogen-bond acceptors (Lipinski definition) is 5. The SMILES string of the molecule is CC1(C)C[C@@H]2[C@@H]3O[C@@](C=O)(CC4=C3C(=O)OC4=O)[C@@H]2C1. The molecule has 0 aromatic heterocycles. The number of rotatable bonds is 1. The van der Waals surface area contributed by atoms with Crippen molar-refractivity contribution in [2.75, 3.05) is 0 Å². The molecule has 106 valence electrons. The van der Waals surface area contributed by atoms with Gasteiger partial charge in [0.1, 0.15) is 5.60 Å². The fourth-order valence-electron chi connectivity index (χ4n) is 4.64. The van der Waals surface area contributed by atoms with Gasteiger partial charge in [-0.15, -0.1) is 0 Å². The quantitative estimate of drug-likeness (QED) is 0.408. The maximum Gasteiger partial charge on any atom is 0.345 e. The van der Waals surface area contributed by atoms with E-state index >= 15 is 0 Å². The molecule has 0 spiro atoms. The standard InChI is InChI=1S/C15H16O5/c1-14(2)3-7-9(5-14)15(6-16)4-8-10(11(7)20-15)13(18)19-12(8)17/h6-7,9,11H,3-5H2,1-2H3/t7-,9+,11-,15+/m0/s1. The van der Waals surface area contributed by atoms with Crippen molar-refractivity contribution < 1.29 is 23.9 Å². The molecule has 0 unspecified atom stereocenters. The van der Waals surface area contributed by atoms with Crippen LogP contribution in [0, 0.1) is 17.3 Å². The van der Waals surface area contributed by atoms with Crippen LogP contribution in [-0.2, 0) is 23.9 Å². The molecule has 2 fully saturated rings. The first-order chi connectivity index (χ1) is 9.37. The van der Waals surface area contributed by atoms with Gasteiger partial charge in [0, 0.05) is 12.3 Å². The molecule has 1 saturated carbocycles. The Labute approximate surface area is 116 Å². The molecule has 0 radical (unpaired) electrons. The summed E-state index contributed by atoms with van der Waals surface area (Å²) in [5.74, 6) is -0.962. The lowest BCUT2D eigenvalue weighted by molar-refractivity contribution is -0.151. The lowest BCUT2D eigenvalue weighted by Gasteiger charge is -2.33. The molecule has 4 rings (SSSR count). The van der Waals surface area contributed by atoms with E-state index < -0.39 is 23.6 Å². The van der Waals surface area contributed by atoms with E-state index in [0.717, 1.165) is 19.1 Å². The fourth-order valence-corrected chi connectivity index (χ4v) is 4.64. The van der Waals surface area contributed by atoms with Gasteiger partial charge in [0.2, 0.25) is 0 Å². The van der Waals surface area contributed by atoms with Gasteiger partial charge in [0.25, 0.3) is 0 Å². The first kappa shape index (κ1) is 12.3. The van der Waals surface area contributed by atoms with E-state index in [1.165, 1.54) is 0 Å². The predicted molar refractivity (Wildman–Crippen MR) is 66.4 cm³/mol. The number of cyclic esters (lactones) is 2. The van der Waals surface area contributed by atoms with Gasteiger partial charge in [-0.05, 0) is 24.2 Å². The van der Waals surface area contributed by atoms with E-state index in [0.29, 0.717) is 11.1 Å². The van der Waals surface area contributed by atoms with Crippen LogP contribution in [-0.4, -0.2) is 29.9 Å². The number of carbonyl (C=O) groups is 3. The van der Waals surface area contributed by atoms with Crippen LogP contribution in [0.1, 0.15) is 33.1 Å². The topological polar surface area (TPSA) is 69.7 Å². The van der Waals surface area contributed by atoms with Crippen molar-refractivity contribution in [1.29, 1.82) is 0 Å². The van der Waals surface area contributed by atoms with Gasteiger partial charge < -0.3 is 14.3 Å². The van der Waals surface area contributed by atoms with Crippen molar-refractivity contribution in [3.63, 3.8) is 0 Å². The molecule has 0 aromatic rings. The van der Waals surface area contributed by atoms with Crippen LogP contribution in [0.25, 0.3) is 0 Å². The number of carbonyl (C=O) groups excluding carboxylic acids is 3. The molecule has 5 heteroatoms. The lowest BCUT2D eigenvalue weighted by atomic mass is 9.79. The first-order valence-corrected chi connectivity index (χ1v) is 7.01. The van der Waals surface area contributed by atoms with E-state index in [1.54, 1.807) is 0 Å². The summed E-state index contributed by atoms with van der Waals surface area (Å²) in [7, 11) is 0. The summed E-state index contributed by atoms with van der Waals surface area (Å²) in [5.41, 5.74) is -0.0647. The van der Waals surface area contributed by atoms with Crippen molar-refractivity contribution in [1.82, 2.24) is 0 Å². The van der Waals surface area contributed by atoms with Crippen LogP contribution in [0.5, 0.6) is 0 Å². The van der Waals surface area contributed by atoms with Crippen LogP contribution in [0.4, 0.5) is 0 Å². The maximum atomic E-state index is 11.9. The summed E-state index contributed by atoms with van der Waals surface area (Å²) in [4.78, 5) is 35.3. The highest BCUT2D eigenvalue weighted by molar-refractivity contribution is 6.13. The Morgan fingerprint density at radius 3 is 2.65 bits per heavy atom. The summed E-state index contributed by atoms with van der Waals surface area (Å²) < 4.78 is 10.7. The minimum atomic E-state index is -0.939. The van der Waals surface area contributed by atoms with Gasteiger partial charge in [-0.2, -0.15) is 0 Å². The number of ether oxygens (including phenoxy) is 2. The highest BCUT2D eigenvalue weighted by Gasteiger charge is 2.66. The summed E-state index contributed by atoms with van der Waals surface area (Å²) in [6.45, 7) is 4.35. The van der Waals surface area contributed by atoms with Crippen LogP contribution in [0.3, 0.4) is 0 Å². The first-order valence-electron chi connectivity index (χ1n) is 7.01. The molecule has 4 atom stereocenters. The summed E-state index contributed by atoms with van der Waals surface area (Å²) in [6.07, 6.45) is 2.36. The van der Waals surface area contributed by atoms with E-state index in [9.17, 15) is 14.4 Å². The van der Waals surface area contributed by atoms with Gasteiger partial charge in [0.05, 0.1) is 17.3 Å². The Bertz CT molecular complexity index is 587. The van der Waals surface area contributed by atoms with E-state index in [1.807, 2.05) is 0 Å². The number of esters is 2. The van der Waals surface area contributed by atoms with Crippen LogP contribution < -0.4 is 0 Å². The molecule has 3 heterocycles. The average molecular weight is 276 g/mol. The highest BCUT2D eigenvalue weighted by Crippen LogP contribution is 2.61. The highest BCUT2D eigenvalue weighted by atomic mass is 16.6. The zero-order valence-corrected chi connectivity index (χ0v) is 11.5. The molecule has 5 nitrogen and oxygen atoms in total. The van der Waals surface area contributed by atoms with Gasteiger partial charge >= 0.3 is 11.9 Å². The molecule has 20 heavy (non-hydrogen) atoms. The second-order valence-electron chi connectivity index (χ2n) is 7.20. The normalized spacial score (nSPS) is 44.4. The summed E-state index contributed by atoms with van der Waals surface area (Å²) in [6, 6.07) is 0. The Hall–Kier alpha value is -1.49. The van der Waals surface area contributed by atoms with Crippen molar-refractivity contribution in [3.05, 3.63) is 11.1 Å². The Balaban J connectivity index is 1.85. The second kappa shape index (κ2) is 3.39. The van der Waals surface area contributed by atoms with Gasteiger partial charge in [-0.3, -0.25) is 0 Å². The molecule has 0 amide bonds. The zero-order valence-electron chi connectivity index (χ0n) is 11.5. The van der Waals surface area contributed by atoms with Crippen LogP contribution >= 0.6 is 0 Å². The smallest absolute Gasteiger partial charge is 0.345 e. The third kappa shape index (κ3) is 1.29. The molecule has 1 saturated heterocycles. The van der Waals surface area contributed by atoms with Crippen molar-refractivity contribution in [3.8, 4) is 0 Å². The van der Waals surface area contributed by atoms with Crippen molar-refractivity contribution in [2.45, 2.75) is 44.8 Å². The largest absolute Gasteiger partial charge is 0.386 e. The number of fused-ring (bicyclic) bond motifs is 6.